The summed E-state index contributed by atoms with van der Waals surface area (Å²) in [6.45, 7) is 3.70. The van der Waals surface area contributed by atoms with Gasteiger partial charge in [0.1, 0.15) is 17.3 Å². The van der Waals surface area contributed by atoms with Crippen LogP contribution in [0.25, 0.3) is 6.08 Å². The highest BCUT2D eigenvalue weighted by Crippen LogP contribution is 2.31. The zero-order valence-corrected chi connectivity index (χ0v) is 9.28. The molecule has 0 fully saturated rings. The van der Waals surface area contributed by atoms with Gasteiger partial charge in [-0.1, -0.05) is 0 Å². The minimum Gasteiger partial charge on any atom is -0.471 e. The smallest absolute Gasteiger partial charge is 0.177 e. The minimum atomic E-state index is -0.498. The molecule has 0 saturated carbocycles. The van der Waals surface area contributed by atoms with Crippen molar-refractivity contribution in [3.63, 3.8) is 0 Å². The summed E-state index contributed by atoms with van der Waals surface area (Å²) in [4.78, 5) is 0. The molecule has 4 heteroatoms. The first-order valence-corrected chi connectivity index (χ1v) is 5.03. The summed E-state index contributed by atoms with van der Waals surface area (Å²) in [5, 5.41) is 7.10. The van der Waals surface area contributed by atoms with Gasteiger partial charge in [-0.2, -0.15) is 0 Å². The Morgan fingerprint density at radius 2 is 2.31 bits per heavy atom. The van der Waals surface area contributed by atoms with E-state index in [-0.39, 0.29) is 0 Å². The second kappa shape index (κ2) is 3.98. The molecule has 1 aliphatic heterocycles. The van der Waals surface area contributed by atoms with Crippen molar-refractivity contribution < 1.29 is 9.15 Å². The number of hydrogen-bond donors (Lipinski definition) is 2. The lowest BCUT2D eigenvalue weighted by Gasteiger charge is -2.19. The summed E-state index contributed by atoms with van der Waals surface area (Å²) in [5.41, 5.74) is 7.52. The minimum absolute atomic E-state index is 0.498. The third kappa shape index (κ3) is 1.92. The van der Waals surface area contributed by atoms with Crippen molar-refractivity contribution in [3.8, 4) is 0 Å². The second-order valence-electron chi connectivity index (χ2n) is 3.79. The number of nitrogens with two attached hydrogens (primary N) is 1. The number of allylic oxidation sites excluding steroid dienone is 2. The largest absolute Gasteiger partial charge is 0.471 e. The van der Waals surface area contributed by atoms with Crippen LogP contribution >= 0.6 is 0 Å². The Kier molecular flexibility index (Phi) is 2.66. The van der Waals surface area contributed by atoms with Crippen LogP contribution in [0.5, 0.6) is 0 Å². The second-order valence-corrected chi connectivity index (χ2v) is 3.79. The van der Waals surface area contributed by atoms with Gasteiger partial charge in [-0.25, -0.2) is 0 Å². The van der Waals surface area contributed by atoms with Crippen molar-refractivity contribution in [3.05, 3.63) is 40.6 Å². The molecule has 1 atom stereocenters. The van der Waals surface area contributed by atoms with Gasteiger partial charge in [0.25, 0.3) is 0 Å². The average Bonchev–Trinajstić information content (AvgIpc) is 2.59. The van der Waals surface area contributed by atoms with Crippen LogP contribution in [0.3, 0.4) is 0 Å². The number of rotatable bonds is 2. The summed E-state index contributed by atoms with van der Waals surface area (Å²) in [5.74, 6) is 2.17. The molecule has 0 spiro atoms. The molecule has 84 valence electrons. The maximum absolute atomic E-state index is 7.10. The van der Waals surface area contributed by atoms with E-state index < -0.39 is 6.23 Å². The van der Waals surface area contributed by atoms with Gasteiger partial charge in [0.15, 0.2) is 6.23 Å². The van der Waals surface area contributed by atoms with Crippen LogP contribution < -0.4 is 5.73 Å². The Labute approximate surface area is 93.9 Å². The van der Waals surface area contributed by atoms with Gasteiger partial charge in [0.2, 0.25) is 0 Å². The molecule has 1 aromatic heterocycles. The lowest BCUT2D eigenvalue weighted by molar-refractivity contribution is 0.128. The highest BCUT2D eigenvalue weighted by Gasteiger charge is 2.21. The van der Waals surface area contributed by atoms with Crippen LogP contribution in [0.15, 0.2) is 27.9 Å². The zero-order chi connectivity index (χ0) is 11.7. The molecular formula is C12H14N2O2. The van der Waals surface area contributed by atoms with Gasteiger partial charge in [0, 0.05) is 12.3 Å². The molecule has 3 N–H and O–H groups in total. The summed E-state index contributed by atoms with van der Waals surface area (Å²) in [7, 11) is 0. The molecular weight excluding hydrogens is 204 g/mol. The Morgan fingerprint density at radius 1 is 1.56 bits per heavy atom. The first-order valence-electron chi connectivity index (χ1n) is 5.03. The van der Waals surface area contributed by atoms with Gasteiger partial charge in [-0.15, -0.1) is 0 Å². The normalized spacial score (nSPS) is 19.8. The van der Waals surface area contributed by atoms with Crippen LogP contribution in [0.4, 0.5) is 0 Å². The Bertz CT molecular complexity index is 483. The molecule has 0 radical (unpaired) electrons. The van der Waals surface area contributed by atoms with Gasteiger partial charge in [-0.3, -0.25) is 5.73 Å². The summed E-state index contributed by atoms with van der Waals surface area (Å²) in [6.07, 6.45) is 4.31. The number of ether oxygens (including phenoxy) is 1. The van der Waals surface area contributed by atoms with E-state index in [4.69, 9.17) is 20.3 Å². The molecule has 1 aliphatic rings. The predicted octanol–water partition coefficient (Wildman–Crippen LogP) is 2.51. The molecule has 1 aromatic rings. The highest BCUT2D eigenvalue weighted by molar-refractivity contribution is 5.76. The third-order valence-corrected chi connectivity index (χ3v) is 2.35. The molecule has 4 nitrogen and oxygen atoms in total. The summed E-state index contributed by atoms with van der Waals surface area (Å²) >= 11 is 0. The fraction of sp³-hybridized carbons (Fsp3) is 0.250. The number of fused-ring (bicyclic) bond motifs is 1. The lowest BCUT2D eigenvalue weighted by atomic mass is 10.1. The van der Waals surface area contributed by atoms with E-state index in [0.717, 1.165) is 22.7 Å². The van der Waals surface area contributed by atoms with Crippen molar-refractivity contribution >= 4 is 12.3 Å². The van der Waals surface area contributed by atoms with E-state index in [9.17, 15) is 0 Å². The van der Waals surface area contributed by atoms with Crippen molar-refractivity contribution in [2.75, 3.05) is 0 Å². The van der Waals surface area contributed by atoms with E-state index in [0.29, 0.717) is 5.76 Å². The fourth-order valence-corrected chi connectivity index (χ4v) is 1.60. The summed E-state index contributed by atoms with van der Waals surface area (Å²) < 4.78 is 11.0. The van der Waals surface area contributed by atoms with Crippen LogP contribution in [0, 0.1) is 12.3 Å². The molecule has 2 rings (SSSR count). The maximum atomic E-state index is 7.10. The van der Waals surface area contributed by atoms with Gasteiger partial charge < -0.3 is 14.6 Å². The molecule has 0 saturated heterocycles. The molecule has 0 aromatic carbocycles. The molecule has 0 amide bonds. The molecule has 0 bridgehead atoms. The summed E-state index contributed by atoms with van der Waals surface area (Å²) in [6, 6.07) is 1.88. The topological polar surface area (TPSA) is 72.2 Å². The SMILES string of the molecule is C/C(C=N)=C/C1=Cc2oc(C)cc2C(N)O1. The van der Waals surface area contributed by atoms with E-state index in [1.54, 1.807) is 12.2 Å². The monoisotopic (exact) mass is 218 g/mol. The fourth-order valence-electron chi connectivity index (χ4n) is 1.60. The number of furan rings is 1. The van der Waals surface area contributed by atoms with E-state index in [2.05, 4.69) is 0 Å². The van der Waals surface area contributed by atoms with Crippen LogP contribution in [0.2, 0.25) is 0 Å². The molecule has 1 unspecified atom stereocenters. The first kappa shape index (κ1) is 10.7. The molecule has 2 heterocycles. The van der Waals surface area contributed by atoms with Crippen LogP contribution in [0.1, 0.15) is 30.2 Å². The maximum Gasteiger partial charge on any atom is 0.177 e. The van der Waals surface area contributed by atoms with E-state index in [1.807, 2.05) is 19.9 Å². The molecule has 16 heavy (non-hydrogen) atoms. The molecule has 0 aliphatic carbocycles. The zero-order valence-electron chi connectivity index (χ0n) is 9.28. The van der Waals surface area contributed by atoms with Crippen molar-refractivity contribution in [2.24, 2.45) is 5.73 Å². The average molecular weight is 218 g/mol. The lowest BCUT2D eigenvalue weighted by Crippen LogP contribution is -2.16. The van der Waals surface area contributed by atoms with Crippen molar-refractivity contribution in [2.45, 2.75) is 20.1 Å². The van der Waals surface area contributed by atoms with Crippen LogP contribution in [-0.2, 0) is 4.74 Å². The third-order valence-electron chi connectivity index (χ3n) is 2.35. The predicted molar refractivity (Wildman–Crippen MR) is 62.0 cm³/mol. The van der Waals surface area contributed by atoms with Crippen molar-refractivity contribution in [1.29, 1.82) is 5.41 Å². The van der Waals surface area contributed by atoms with E-state index >= 15 is 0 Å². The van der Waals surface area contributed by atoms with Gasteiger partial charge in [0.05, 0.1) is 5.56 Å². The Morgan fingerprint density at radius 3 is 3.00 bits per heavy atom. The van der Waals surface area contributed by atoms with Gasteiger partial charge >= 0.3 is 0 Å². The van der Waals surface area contributed by atoms with Crippen LogP contribution in [-0.4, -0.2) is 6.21 Å². The Hall–Kier alpha value is -1.81. The van der Waals surface area contributed by atoms with E-state index in [1.165, 1.54) is 6.21 Å². The standard InChI is InChI=1S/C12H14N2O2/c1-7(6-13)3-9-5-11-10(12(14)16-9)4-8(2)15-11/h3-6,12-13H,14H2,1-2H3/b7-3-,13-6?. The Balaban J connectivity index is 2.39. The highest BCUT2D eigenvalue weighted by atomic mass is 16.5. The quantitative estimate of drug-likeness (QED) is 0.749. The number of nitrogens with one attached hydrogen (secondary N) is 1. The first-order chi connectivity index (χ1) is 7.60. The number of aryl methyl sites for hydroxylation is 1. The number of hydrogen-bond acceptors (Lipinski definition) is 4. The van der Waals surface area contributed by atoms with Crippen molar-refractivity contribution in [1.82, 2.24) is 0 Å². The van der Waals surface area contributed by atoms with Gasteiger partial charge in [-0.05, 0) is 31.6 Å².